The van der Waals surface area contributed by atoms with Crippen molar-refractivity contribution in [3.63, 3.8) is 0 Å². The first-order valence-electron chi connectivity index (χ1n) is 5.05. The van der Waals surface area contributed by atoms with Crippen LogP contribution >= 0.6 is 22.6 Å². The number of halogens is 1. The van der Waals surface area contributed by atoms with Gasteiger partial charge in [0.15, 0.2) is 5.82 Å². The monoisotopic (exact) mass is 343 g/mol. The summed E-state index contributed by atoms with van der Waals surface area (Å²) in [6, 6.07) is 3.37. The summed E-state index contributed by atoms with van der Waals surface area (Å²) in [5.41, 5.74) is 0.411. The number of rotatable bonds is 3. The number of pyridine rings is 1. The number of nitrogens with zero attached hydrogens (tertiary/aromatic N) is 3. The lowest BCUT2D eigenvalue weighted by Gasteiger charge is -2.06. The molecule has 0 aliphatic rings. The molecule has 2 aromatic rings. The highest BCUT2D eigenvalue weighted by Gasteiger charge is 2.15. The van der Waals surface area contributed by atoms with E-state index in [1.165, 1.54) is 0 Å². The van der Waals surface area contributed by atoms with Gasteiger partial charge in [-0.05, 0) is 41.6 Å². The van der Waals surface area contributed by atoms with Crippen LogP contribution < -0.4 is 0 Å². The summed E-state index contributed by atoms with van der Waals surface area (Å²) in [4.78, 5) is 15.9. The Morgan fingerprint density at radius 1 is 1.59 bits per heavy atom. The van der Waals surface area contributed by atoms with Crippen LogP contribution in [0.2, 0.25) is 0 Å². The average Bonchev–Trinajstić information content (AvgIpc) is 2.76. The predicted octanol–water partition coefficient (Wildman–Crippen LogP) is 2.05. The van der Waals surface area contributed by atoms with Crippen molar-refractivity contribution in [2.24, 2.45) is 0 Å². The summed E-state index contributed by atoms with van der Waals surface area (Å²) in [6.45, 7) is 2.11. The summed E-state index contributed by atoms with van der Waals surface area (Å²) in [6.07, 6.45) is 5.11. The number of esters is 1. The van der Waals surface area contributed by atoms with Crippen LogP contribution in [0.5, 0.6) is 0 Å². The maximum absolute atomic E-state index is 11.7. The summed E-state index contributed by atoms with van der Waals surface area (Å²) in [5, 5.41) is 4.13. The van der Waals surface area contributed by atoms with E-state index < -0.39 is 0 Å². The van der Waals surface area contributed by atoms with Gasteiger partial charge in [-0.25, -0.2) is 14.5 Å². The van der Waals surface area contributed by atoms with Crippen LogP contribution in [-0.2, 0) is 4.74 Å². The fourth-order valence-corrected chi connectivity index (χ4v) is 1.75. The van der Waals surface area contributed by atoms with E-state index in [2.05, 4.69) is 32.7 Å². The lowest BCUT2D eigenvalue weighted by atomic mass is 10.2. The van der Waals surface area contributed by atoms with Gasteiger partial charge in [0.1, 0.15) is 5.56 Å². The zero-order valence-electron chi connectivity index (χ0n) is 9.13. The number of hydrogen-bond donors (Lipinski definition) is 0. The molecule has 0 aliphatic heterocycles. The highest BCUT2D eigenvalue weighted by molar-refractivity contribution is 14.1. The quantitative estimate of drug-likeness (QED) is 0.632. The SMILES string of the molecule is CCOC(=O)c1cccnc1-n1cc(I)cn1. The molecule has 0 saturated heterocycles. The molecule has 0 atom stereocenters. The van der Waals surface area contributed by atoms with E-state index in [1.54, 1.807) is 42.3 Å². The zero-order valence-corrected chi connectivity index (χ0v) is 11.3. The van der Waals surface area contributed by atoms with Gasteiger partial charge in [-0.1, -0.05) is 0 Å². The van der Waals surface area contributed by atoms with Gasteiger partial charge < -0.3 is 4.74 Å². The third kappa shape index (κ3) is 2.63. The number of ether oxygens (including phenoxy) is 1. The van der Waals surface area contributed by atoms with Gasteiger partial charge in [0.05, 0.1) is 16.4 Å². The average molecular weight is 343 g/mol. The first-order valence-corrected chi connectivity index (χ1v) is 6.13. The maximum Gasteiger partial charge on any atom is 0.341 e. The van der Waals surface area contributed by atoms with Crippen molar-refractivity contribution in [3.05, 3.63) is 39.9 Å². The van der Waals surface area contributed by atoms with Crippen molar-refractivity contribution in [1.29, 1.82) is 0 Å². The van der Waals surface area contributed by atoms with Crippen LogP contribution in [0, 0.1) is 3.57 Å². The lowest BCUT2D eigenvalue weighted by Crippen LogP contribution is -2.11. The Kier molecular flexibility index (Phi) is 3.72. The van der Waals surface area contributed by atoms with E-state index in [9.17, 15) is 4.79 Å². The Hall–Kier alpha value is -1.44. The molecule has 0 unspecified atom stereocenters. The van der Waals surface area contributed by atoms with Crippen LogP contribution in [0.3, 0.4) is 0 Å². The van der Waals surface area contributed by atoms with Crippen molar-refractivity contribution in [1.82, 2.24) is 14.8 Å². The normalized spacial score (nSPS) is 10.2. The van der Waals surface area contributed by atoms with E-state index in [4.69, 9.17) is 4.74 Å². The smallest absolute Gasteiger partial charge is 0.341 e. The van der Waals surface area contributed by atoms with Crippen LogP contribution in [0.15, 0.2) is 30.7 Å². The molecule has 2 aromatic heterocycles. The van der Waals surface area contributed by atoms with E-state index in [0.29, 0.717) is 18.0 Å². The molecule has 2 heterocycles. The third-order valence-electron chi connectivity index (χ3n) is 2.05. The van der Waals surface area contributed by atoms with E-state index in [-0.39, 0.29) is 5.97 Å². The van der Waals surface area contributed by atoms with Crippen molar-refractivity contribution in [2.45, 2.75) is 6.92 Å². The second kappa shape index (κ2) is 5.26. The van der Waals surface area contributed by atoms with Gasteiger partial charge in [0, 0.05) is 12.4 Å². The topological polar surface area (TPSA) is 57.0 Å². The molecule has 17 heavy (non-hydrogen) atoms. The number of aromatic nitrogens is 3. The van der Waals surface area contributed by atoms with E-state index in [0.717, 1.165) is 3.57 Å². The molecule has 0 N–H and O–H groups in total. The lowest BCUT2D eigenvalue weighted by molar-refractivity contribution is 0.0525. The Bertz CT molecular complexity index is 539. The number of hydrogen-bond acceptors (Lipinski definition) is 4. The minimum atomic E-state index is -0.388. The minimum absolute atomic E-state index is 0.337. The first kappa shape index (κ1) is 12.0. The molecule has 5 nitrogen and oxygen atoms in total. The number of carbonyl (C=O) groups excluding carboxylic acids is 1. The van der Waals surface area contributed by atoms with Crippen molar-refractivity contribution in [2.75, 3.05) is 6.61 Å². The van der Waals surface area contributed by atoms with E-state index >= 15 is 0 Å². The number of carbonyl (C=O) groups is 1. The standard InChI is InChI=1S/C11H10IN3O2/c1-2-17-11(16)9-4-3-5-13-10(9)15-7-8(12)6-14-15/h3-7H,2H2,1H3. The second-order valence-electron chi connectivity index (χ2n) is 3.20. The molecule has 0 fully saturated rings. The van der Waals surface area contributed by atoms with Crippen molar-refractivity contribution >= 4 is 28.6 Å². The van der Waals surface area contributed by atoms with Gasteiger partial charge in [-0.2, -0.15) is 5.10 Å². The second-order valence-corrected chi connectivity index (χ2v) is 4.44. The van der Waals surface area contributed by atoms with Gasteiger partial charge in [-0.3, -0.25) is 0 Å². The Morgan fingerprint density at radius 2 is 2.41 bits per heavy atom. The van der Waals surface area contributed by atoms with Crippen molar-refractivity contribution in [3.8, 4) is 5.82 Å². The molecule has 2 rings (SSSR count). The van der Waals surface area contributed by atoms with Gasteiger partial charge >= 0.3 is 5.97 Å². The molecule has 0 radical (unpaired) electrons. The molecular formula is C11H10IN3O2. The molecule has 0 aromatic carbocycles. The van der Waals surface area contributed by atoms with Gasteiger partial charge in [0.25, 0.3) is 0 Å². The Balaban J connectivity index is 2.44. The van der Waals surface area contributed by atoms with E-state index in [1.807, 2.05) is 0 Å². The molecule has 6 heteroatoms. The minimum Gasteiger partial charge on any atom is -0.462 e. The van der Waals surface area contributed by atoms with Crippen LogP contribution in [-0.4, -0.2) is 27.3 Å². The molecule has 0 aliphatic carbocycles. The summed E-state index contributed by atoms with van der Waals surface area (Å²) in [5.74, 6) is 0.0926. The fraction of sp³-hybridized carbons (Fsp3) is 0.182. The van der Waals surface area contributed by atoms with Crippen LogP contribution in [0.25, 0.3) is 5.82 Å². The fourth-order valence-electron chi connectivity index (χ4n) is 1.36. The molecule has 0 spiro atoms. The highest BCUT2D eigenvalue weighted by atomic mass is 127. The summed E-state index contributed by atoms with van der Waals surface area (Å²) in [7, 11) is 0. The third-order valence-corrected chi connectivity index (χ3v) is 2.61. The molecular weight excluding hydrogens is 333 g/mol. The Morgan fingerprint density at radius 3 is 3.06 bits per heavy atom. The summed E-state index contributed by atoms with van der Waals surface area (Å²) >= 11 is 2.15. The van der Waals surface area contributed by atoms with Gasteiger partial charge in [-0.15, -0.1) is 0 Å². The highest BCUT2D eigenvalue weighted by Crippen LogP contribution is 2.13. The van der Waals surface area contributed by atoms with Crippen LogP contribution in [0.4, 0.5) is 0 Å². The Labute approximate surface area is 112 Å². The largest absolute Gasteiger partial charge is 0.462 e. The summed E-state index contributed by atoms with van der Waals surface area (Å²) < 4.78 is 7.51. The molecule has 0 saturated carbocycles. The van der Waals surface area contributed by atoms with Gasteiger partial charge in [0.2, 0.25) is 0 Å². The zero-order chi connectivity index (χ0) is 12.3. The predicted molar refractivity (Wildman–Crippen MR) is 70.0 cm³/mol. The molecule has 0 amide bonds. The molecule has 0 bridgehead atoms. The first-order chi connectivity index (χ1) is 8.22. The maximum atomic E-state index is 11.7. The molecule has 88 valence electrons. The van der Waals surface area contributed by atoms with Crippen molar-refractivity contribution < 1.29 is 9.53 Å². The van der Waals surface area contributed by atoms with Crippen LogP contribution in [0.1, 0.15) is 17.3 Å².